The van der Waals surface area contributed by atoms with Gasteiger partial charge in [0.1, 0.15) is 5.82 Å². The molecular formula is C23H25N5O. The summed E-state index contributed by atoms with van der Waals surface area (Å²) in [5, 5.41) is 0. The number of fused-ring (bicyclic) bond motifs is 1. The second-order valence-corrected chi connectivity index (χ2v) is 7.57. The van der Waals surface area contributed by atoms with Crippen LogP contribution < -0.4 is 4.90 Å². The van der Waals surface area contributed by atoms with E-state index in [0.29, 0.717) is 18.9 Å². The van der Waals surface area contributed by atoms with Crippen LogP contribution in [-0.2, 0) is 17.8 Å². The van der Waals surface area contributed by atoms with E-state index in [1.54, 1.807) is 12.4 Å². The molecule has 0 N–H and O–H groups in total. The molecule has 1 aliphatic heterocycles. The van der Waals surface area contributed by atoms with Crippen LogP contribution in [0, 0.1) is 0 Å². The molecule has 2 aromatic heterocycles. The second kappa shape index (κ2) is 7.99. The Labute approximate surface area is 171 Å². The fraction of sp³-hybridized carbons (Fsp3) is 0.304. The smallest absolute Gasteiger partial charge is 0.230 e. The van der Waals surface area contributed by atoms with E-state index < -0.39 is 0 Å². The van der Waals surface area contributed by atoms with Crippen LogP contribution in [0.2, 0.25) is 0 Å². The molecule has 0 saturated carbocycles. The summed E-state index contributed by atoms with van der Waals surface area (Å²) in [4.78, 5) is 30.8. The van der Waals surface area contributed by atoms with Gasteiger partial charge in [-0.25, -0.2) is 9.97 Å². The number of amides is 1. The minimum Gasteiger partial charge on any atom is -0.362 e. The summed E-state index contributed by atoms with van der Waals surface area (Å²) in [7, 11) is 3.99. The molecule has 0 spiro atoms. The van der Waals surface area contributed by atoms with E-state index in [0.717, 1.165) is 34.6 Å². The summed E-state index contributed by atoms with van der Waals surface area (Å²) in [6.45, 7) is 3.16. The van der Waals surface area contributed by atoms with Crippen LogP contribution in [0.1, 0.15) is 29.7 Å². The average Bonchev–Trinajstić information content (AvgIpc) is 2.78. The Kier molecular flexibility index (Phi) is 5.25. The summed E-state index contributed by atoms with van der Waals surface area (Å²) in [5.74, 6) is 1.55. The lowest BCUT2D eigenvalue weighted by Gasteiger charge is -2.32. The lowest BCUT2D eigenvalue weighted by molar-refractivity contribution is -0.133. The van der Waals surface area contributed by atoms with Crippen molar-refractivity contribution in [1.82, 2.24) is 19.9 Å². The Morgan fingerprint density at radius 1 is 1.07 bits per heavy atom. The first-order valence-electron chi connectivity index (χ1n) is 9.86. The van der Waals surface area contributed by atoms with Crippen molar-refractivity contribution in [2.24, 2.45) is 0 Å². The number of carbonyl (C=O) groups excluding carboxylic acids is 1. The highest BCUT2D eigenvalue weighted by Gasteiger charge is 2.29. The van der Waals surface area contributed by atoms with Crippen molar-refractivity contribution >= 4 is 11.7 Å². The Hall–Kier alpha value is -3.28. The number of aromatic nitrogens is 3. The third-order valence-electron chi connectivity index (χ3n) is 5.39. The summed E-state index contributed by atoms with van der Waals surface area (Å²) >= 11 is 0. The molecule has 1 aliphatic rings. The van der Waals surface area contributed by atoms with Crippen molar-refractivity contribution in [2.75, 3.05) is 25.5 Å². The summed E-state index contributed by atoms with van der Waals surface area (Å²) < 4.78 is 0. The van der Waals surface area contributed by atoms with Crippen molar-refractivity contribution in [3.63, 3.8) is 0 Å². The van der Waals surface area contributed by atoms with Crippen LogP contribution in [0.4, 0.5) is 5.82 Å². The highest BCUT2D eigenvalue weighted by molar-refractivity contribution is 5.83. The zero-order chi connectivity index (χ0) is 20.4. The molecule has 1 amide bonds. The largest absolute Gasteiger partial charge is 0.362 e. The maximum Gasteiger partial charge on any atom is 0.230 e. The van der Waals surface area contributed by atoms with E-state index in [9.17, 15) is 4.79 Å². The zero-order valence-electron chi connectivity index (χ0n) is 17.0. The third-order valence-corrected chi connectivity index (χ3v) is 5.39. The van der Waals surface area contributed by atoms with Gasteiger partial charge >= 0.3 is 0 Å². The van der Waals surface area contributed by atoms with Crippen LogP contribution in [0.25, 0.3) is 11.4 Å². The first kappa shape index (κ1) is 19.1. The van der Waals surface area contributed by atoms with Gasteiger partial charge in [-0.05, 0) is 31.0 Å². The Bertz CT molecular complexity index is 1000. The standard InChI is InChI=1S/C23H25N5O/c1-16(17-7-5-4-6-8-17)23(29)28-14-11-19-20(15-28)25-21(26-22(19)27(2)3)18-9-12-24-13-10-18/h4-10,12-13,16H,11,14-15H2,1-3H3. The van der Waals surface area contributed by atoms with Crippen molar-refractivity contribution in [3.05, 3.63) is 71.7 Å². The quantitative estimate of drug-likeness (QED) is 0.687. The average molecular weight is 387 g/mol. The molecule has 1 aromatic carbocycles. The lowest BCUT2D eigenvalue weighted by atomic mass is 9.97. The van der Waals surface area contributed by atoms with Crippen LogP contribution in [0.5, 0.6) is 0 Å². The molecule has 1 unspecified atom stereocenters. The molecular weight excluding hydrogens is 362 g/mol. The van der Waals surface area contributed by atoms with Crippen LogP contribution >= 0.6 is 0 Å². The molecule has 0 bridgehead atoms. The Morgan fingerprint density at radius 2 is 1.79 bits per heavy atom. The molecule has 4 rings (SSSR count). The zero-order valence-corrected chi connectivity index (χ0v) is 17.0. The summed E-state index contributed by atoms with van der Waals surface area (Å²) in [6, 6.07) is 13.7. The van der Waals surface area contributed by atoms with Gasteiger partial charge in [-0.2, -0.15) is 0 Å². The molecule has 0 fully saturated rings. The van der Waals surface area contributed by atoms with Gasteiger partial charge in [0.25, 0.3) is 0 Å². The Morgan fingerprint density at radius 3 is 2.48 bits per heavy atom. The van der Waals surface area contributed by atoms with E-state index in [2.05, 4.69) is 4.98 Å². The van der Waals surface area contributed by atoms with Gasteiger partial charge in [0, 0.05) is 44.2 Å². The predicted octanol–water partition coefficient (Wildman–Crippen LogP) is 3.29. The molecule has 6 nitrogen and oxygen atoms in total. The topological polar surface area (TPSA) is 62.2 Å². The van der Waals surface area contributed by atoms with Gasteiger partial charge in [-0.1, -0.05) is 30.3 Å². The highest BCUT2D eigenvalue weighted by atomic mass is 16.2. The van der Waals surface area contributed by atoms with E-state index in [4.69, 9.17) is 9.97 Å². The SMILES string of the molecule is CC(C(=O)N1CCc2c(nc(-c3ccncc3)nc2N(C)C)C1)c1ccccc1. The molecule has 6 heteroatoms. The fourth-order valence-corrected chi connectivity index (χ4v) is 3.76. The first-order chi connectivity index (χ1) is 14.0. The van der Waals surface area contributed by atoms with Gasteiger partial charge < -0.3 is 9.80 Å². The first-order valence-corrected chi connectivity index (χ1v) is 9.86. The van der Waals surface area contributed by atoms with E-state index in [-0.39, 0.29) is 11.8 Å². The van der Waals surface area contributed by atoms with E-state index in [1.165, 1.54) is 0 Å². The van der Waals surface area contributed by atoms with E-state index in [1.807, 2.05) is 73.3 Å². The molecule has 3 aromatic rings. The number of carbonyl (C=O) groups is 1. The number of hydrogen-bond acceptors (Lipinski definition) is 5. The second-order valence-electron chi connectivity index (χ2n) is 7.57. The normalized spacial score (nSPS) is 14.2. The van der Waals surface area contributed by atoms with Crippen molar-refractivity contribution < 1.29 is 4.79 Å². The number of rotatable bonds is 4. The van der Waals surface area contributed by atoms with Crippen LogP contribution in [0.3, 0.4) is 0 Å². The maximum atomic E-state index is 13.1. The number of pyridine rings is 1. The van der Waals surface area contributed by atoms with Crippen LogP contribution in [0.15, 0.2) is 54.9 Å². The van der Waals surface area contributed by atoms with Gasteiger partial charge in [0.05, 0.1) is 18.2 Å². The third kappa shape index (κ3) is 3.83. The maximum absolute atomic E-state index is 13.1. The minimum absolute atomic E-state index is 0.136. The summed E-state index contributed by atoms with van der Waals surface area (Å²) in [5.41, 5.74) is 4.02. The van der Waals surface area contributed by atoms with Crippen molar-refractivity contribution in [2.45, 2.75) is 25.8 Å². The monoisotopic (exact) mass is 387 g/mol. The number of benzene rings is 1. The Balaban J connectivity index is 1.66. The molecule has 29 heavy (non-hydrogen) atoms. The van der Waals surface area contributed by atoms with Crippen molar-refractivity contribution in [1.29, 1.82) is 0 Å². The summed E-state index contributed by atoms with van der Waals surface area (Å²) in [6.07, 6.45) is 4.24. The molecule has 0 radical (unpaired) electrons. The van der Waals surface area contributed by atoms with Gasteiger partial charge in [0.15, 0.2) is 5.82 Å². The number of anilines is 1. The fourth-order valence-electron chi connectivity index (χ4n) is 3.76. The van der Waals surface area contributed by atoms with Crippen LogP contribution in [-0.4, -0.2) is 46.4 Å². The molecule has 3 heterocycles. The highest BCUT2D eigenvalue weighted by Crippen LogP contribution is 2.30. The molecule has 0 aliphatic carbocycles. The van der Waals surface area contributed by atoms with Gasteiger partial charge in [-0.15, -0.1) is 0 Å². The molecule has 0 saturated heterocycles. The number of nitrogens with zero attached hydrogens (tertiary/aromatic N) is 5. The van der Waals surface area contributed by atoms with Crippen molar-refractivity contribution in [3.8, 4) is 11.4 Å². The van der Waals surface area contributed by atoms with Gasteiger partial charge in [0.2, 0.25) is 5.91 Å². The number of hydrogen-bond donors (Lipinski definition) is 0. The molecule has 1 atom stereocenters. The minimum atomic E-state index is -0.174. The van der Waals surface area contributed by atoms with Gasteiger partial charge in [-0.3, -0.25) is 9.78 Å². The molecule has 148 valence electrons. The lowest BCUT2D eigenvalue weighted by Crippen LogP contribution is -2.39. The predicted molar refractivity (Wildman–Crippen MR) is 114 cm³/mol. The van der Waals surface area contributed by atoms with E-state index >= 15 is 0 Å².